The van der Waals surface area contributed by atoms with Gasteiger partial charge in [0.1, 0.15) is 0 Å². The normalized spacial score (nSPS) is 15.1. The van der Waals surface area contributed by atoms with Crippen LogP contribution >= 0.6 is 11.8 Å². The van der Waals surface area contributed by atoms with Gasteiger partial charge in [-0.2, -0.15) is 11.8 Å². The number of hydrogen-bond acceptors (Lipinski definition) is 3. The first-order chi connectivity index (χ1) is 6.11. The van der Waals surface area contributed by atoms with Gasteiger partial charge in [0.05, 0.1) is 0 Å². The molecule has 0 spiro atoms. The fourth-order valence-electron chi connectivity index (χ4n) is 0.858. The van der Waals surface area contributed by atoms with Crippen molar-refractivity contribution in [1.82, 2.24) is 5.32 Å². The van der Waals surface area contributed by atoms with Crippen LogP contribution in [0.15, 0.2) is 0 Å². The van der Waals surface area contributed by atoms with Crippen LogP contribution in [0, 0.1) is 11.8 Å². The highest BCUT2D eigenvalue weighted by molar-refractivity contribution is 7.98. The maximum absolute atomic E-state index is 11.4. The first-order valence-corrected chi connectivity index (χ1v) is 5.97. The van der Waals surface area contributed by atoms with E-state index in [0.717, 1.165) is 5.75 Å². The molecule has 0 aliphatic rings. The van der Waals surface area contributed by atoms with E-state index in [1.807, 2.05) is 20.1 Å². The molecule has 0 aromatic heterocycles. The van der Waals surface area contributed by atoms with Gasteiger partial charge in [0.2, 0.25) is 5.91 Å². The molecule has 0 aliphatic carbocycles. The van der Waals surface area contributed by atoms with E-state index in [2.05, 4.69) is 5.32 Å². The Morgan fingerprint density at radius 2 is 2.15 bits per heavy atom. The molecule has 13 heavy (non-hydrogen) atoms. The van der Waals surface area contributed by atoms with Gasteiger partial charge < -0.3 is 11.1 Å². The second kappa shape index (κ2) is 7.21. The van der Waals surface area contributed by atoms with Gasteiger partial charge in [-0.25, -0.2) is 0 Å². The molecule has 2 atom stereocenters. The number of carbonyl (C=O) groups is 1. The van der Waals surface area contributed by atoms with Crippen LogP contribution in [0.25, 0.3) is 0 Å². The molecule has 0 aromatic carbocycles. The average Bonchev–Trinajstić information content (AvgIpc) is 2.13. The lowest BCUT2D eigenvalue weighted by molar-refractivity contribution is -0.123. The van der Waals surface area contributed by atoms with Crippen molar-refractivity contribution in [1.29, 1.82) is 0 Å². The van der Waals surface area contributed by atoms with Crippen LogP contribution in [0.3, 0.4) is 0 Å². The first kappa shape index (κ1) is 12.8. The van der Waals surface area contributed by atoms with E-state index in [9.17, 15) is 4.79 Å². The zero-order valence-corrected chi connectivity index (χ0v) is 9.49. The van der Waals surface area contributed by atoms with Crippen LogP contribution in [0.2, 0.25) is 0 Å². The van der Waals surface area contributed by atoms with E-state index in [1.54, 1.807) is 11.8 Å². The van der Waals surface area contributed by atoms with E-state index in [0.29, 0.717) is 19.0 Å². The topological polar surface area (TPSA) is 55.1 Å². The second-order valence-corrected chi connectivity index (χ2v) is 4.35. The highest BCUT2D eigenvalue weighted by atomic mass is 32.2. The maximum atomic E-state index is 11.4. The number of nitrogens with one attached hydrogen (secondary N) is 1. The molecule has 0 aliphatic heterocycles. The smallest absolute Gasteiger partial charge is 0.223 e. The summed E-state index contributed by atoms with van der Waals surface area (Å²) in [5.41, 5.74) is 5.44. The zero-order valence-electron chi connectivity index (χ0n) is 8.67. The minimum absolute atomic E-state index is 0.0972. The van der Waals surface area contributed by atoms with E-state index in [1.165, 1.54) is 0 Å². The first-order valence-electron chi connectivity index (χ1n) is 4.58. The Labute approximate surface area is 84.8 Å². The van der Waals surface area contributed by atoms with Gasteiger partial charge in [-0.1, -0.05) is 13.8 Å². The Balaban J connectivity index is 3.61. The van der Waals surface area contributed by atoms with Crippen molar-refractivity contribution in [3.63, 3.8) is 0 Å². The largest absolute Gasteiger partial charge is 0.356 e. The fourth-order valence-corrected chi connectivity index (χ4v) is 1.51. The average molecular weight is 204 g/mol. The maximum Gasteiger partial charge on any atom is 0.223 e. The lowest BCUT2D eigenvalue weighted by atomic mass is 10.1. The Morgan fingerprint density at radius 3 is 2.62 bits per heavy atom. The van der Waals surface area contributed by atoms with Crippen molar-refractivity contribution in [2.24, 2.45) is 17.6 Å². The van der Waals surface area contributed by atoms with E-state index in [-0.39, 0.29) is 11.8 Å². The molecule has 0 rings (SSSR count). The van der Waals surface area contributed by atoms with Gasteiger partial charge in [-0.05, 0) is 18.7 Å². The van der Waals surface area contributed by atoms with Crippen molar-refractivity contribution in [2.75, 3.05) is 25.1 Å². The minimum atomic E-state index is 0.0972. The van der Waals surface area contributed by atoms with E-state index < -0.39 is 0 Å². The minimum Gasteiger partial charge on any atom is -0.356 e. The summed E-state index contributed by atoms with van der Waals surface area (Å²) >= 11 is 1.69. The second-order valence-electron chi connectivity index (χ2n) is 3.44. The van der Waals surface area contributed by atoms with Gasteiger partial charge >= 0.3 is 0 Å². The summed E-state index contributed by atoms with van der Waals surface area (Å²) in [6, 6.07) is 0. The molecule has 78 valence electrons. The van der Waals surface area contributed by atoms with Crippen LogP contribution < -0.4 is 11.1 Å². The molecule has 0 bridgehead atoms. The van der Waals surface area contributed by atoms with Crippen LogP contribution in [0.1, 0.15) is 13.8 Å². The third-order valence-corrected chi connectivity index (χ3v) is 2.72. The van der Waals surface area contributed by atoms with Gasteiger partial charge in [0, 0.05) is 18.2 Å². The molecule has 0 heterocycles. The highest BCUT2D eigenvalue weighted by Crippen LogP contribution is 2.04. The fraction of sp³-hybridized carbons (Fsp3) is 0.889. The SMILES string of the molecule is CSCC(C)C(=O)NCC(C)CN. The van der Waals surface area contributed by atoms with Crippen molar-refractivity contribution >= 4 is 17.7 Å². The number of rotatable bonds is 6. The Morgan fingerprint density at radius 1 is 1.54 bits per heavy atom. The third-order valence-electron chi connectivity index (χ3n) is 1.89. The van der Waals surface area contributed by atoms with Gasteiger partial charge in [-0.3, -0.25) is 4.79 Å². The van der Waals surface area contributed by atoms with Gasteiger partial charge in [0.25, 0.3) is 0 Å². The monoisotopic (exact) mass is 204 g/mol. The molecule has 2 unspecified atom stereocenters. The molecule has 3 N–H and O–H groups in total. The number of amides is 1. The summed E-state index contributed by atoms with van der Waals surface area (Å²) in [5, 5.41) is 2.89. The lowest BCUT2D eigenvalue weighted by Gasteiger charge is -2.13. The number of nitrogens with two attached hydrogens (primary N) is 1. The predicted molar refractivity (Wildman–Crippen MR) is 58.8 cm³/mol. The van der Waals surface area contributed by atoms with E-state index >= 15 is 0 Å². The molecule has 0 saturated carbocycles. The van der Waals surface area contributed by atoms with Gasteiger partial charge in [-0.15, -0.1) is 0 Å². The third kappa shape index (κ3) is 5.93. The van der Waals surface area contributed by atoms with Crippen molar-refractivity contribution < 1.29 is 4.79 Å². The van der Waals surface area contributed by atoms with E-state index in [4.69, 9.17) is 5.73 Å². The molecule has 0 saturated heterocycles. The molecule has 4 heteroatoms. The Hall–Kier alpha value is -0.220. The van der Waals surface area contributed by atoms with Crippen molar-refractivity contribution in [3.8, 4) is 0 Å². The molecule has 0 radical (unpaired) electrons. The Kier molecular flexibility index (Phi) is 7.09. The van der Waals surface area contributed by atoms with Gasteiger partial charge in [0.15, 0.2) is 0 Å². The van der Waals surface area contributed by atoms with Crippen LogP contribution in [-0.2, 0) is 4.79 Å². The summed E-state index contributed by atoms with van der Waals surface area (Å²) in [7, 11) is 0. The molecule has 1 amide bonds. The summed E-state index contributed by atoms with van der Waals surface area (Å²) in [4.78, 5) is 11.4. The van der Waals surface area contributed by atoms with Crippen LogP contribution in [0.4, 0.5) is 0 Å². The summed E-state index contributed by atoms with van der Waals surface area (Å²) in [6.45, 7) is 5.28. The quantitative estimate of drug-likeness (QED) is 0.669. The number of hydrogen-bond donors (Lipinski definition) is 2. The Bertz CT molecular complexity index is 153. The van der Waals surface area contributed by atoms with Crippen molar-refractivity contribution in [3.05, 3.63) is 0 Å². The zero-order chi connectivity index (χ0) is 10.3. The summed E-state index contributed by atoms with van der Waals surface area (Å²) in [5.74, 6) is 1.48. The predicted octanol–water partition coefficient (Wildman–Crippen LogP) is 0.697. The molecule has 3 nitrogen and oxygen atoms in total. The van der Waals surface area contributed by atoms with Crippen molar-refractivity contribution in [2.45, 2.75) is 13.8 Å². The van der Waals surface area contributed by atoms with Crippen LogP contribution in [0.5, 0.6) is 0 Å². The summed E-state index contributed by atoms with van der Waals surface area (Å²) in [6.07, 6.45) is 2.01. The van der Waals surface area contributed by atoms with Crippen LogP contribution in [-0.4, -0.2) is 31.0 Å². The molecular formula is C9H20N2OS. The molecule has 0 fully saturated rings. The highest BCUT2D eigenvalue weighted by Gasteiger charge is 2.11. The summed E-state index contributed by atoms with van der Waals surface area (Å²) < 4.78 is 0. The number of thioether (sulfide) groups is 1. The standard InChI is InChI=1S/C9H20N2OS/c1-7(4-10)5-11-9(12)8(2)6-13-3/h7-8H,4-6,10H2,1-3H3,(H,11,12). The number of carbonyl (C=O) groups excluding carboxylic acids is 1. The molecule has 0 aromatic rings. The molecular weight excluding hydrogens is 184 g/mol. The lowest BCUT2D eigenvalue weighted by Crippen LogP contribution is -2.35.